The van der Waals surface area contributed by atoms with E-state index in [1.165, 1.54) is 11.3 Å². The average molecular weight is 309 g/mol. The summed E-state index contributed by atoms with van der Waals surface area (Å²) in [7, 11) is 0. The number of aromatic nitrogens is 1. The molecule has 0 radical (unpaired) electrons. The van der Waals surface area contributed by atoms with Gasteiger partial charge in [0.05, 0.1) is 6.54 Å². The smallest absolute Gasteiger partial charge is 0.322 e. The second-order valence-corrected chi connectivity index (χ2v) is 6.09. The molecule has 0 aliphatic carbocycles. The van der Waals surface area contributed by atoms with Gasteiger partial charge in [-0.15, -0.1) is 11.3 Å². The molecule has 3 heterocycles. The molecule has 2 fully saturated rings. The minimum absolute atomic E-state index is 0.166. The van der Waals surface area contributed by atoms with E-state index in [4.69, 9.17) is 5.73 Å². The normalized spacial score (nSPS) is 25.1. The molecule has 2 saturated heterocycles. The number of nitrogens with two attached hydrogens (primary N) is 1. The molecule has 21 heavy (non-hydrogen) atoms. The van der Waals surface area contributed by atoms with E-state index in [0.717, 1.165) is 0 Å². The molecule has 112 valence electrons. The van der Waals surface area contributed by atoms with Crippen molar-refractivity contribution in [2.75, 3.05) is 13.1 Å². The fourth-order valence-electron chi connectivity index (χ4n) is 2.71. The standard InChI is InChI=1S/C12H15N5O3S/c13-4-8-14-7(5-21-8)9(18)17-3-1-2-12(6-17)10(19)15-11(20)16-12/h5H,1-4,6,13H2,(H2,15,16,19,20). The summed E-state index contributed by atoms with van der Waals surface area (Å²) in [5.74, 6) is -0.607. The van der Waals surface area contributed by atoms with E-state index in [9.17, 15) is 14.4 Å². The fraction of sp³-hybridized carbons (Fsp3) is 0.500. The molecule has 2 aliphatic heterocycles. The summed E-state index contributed by atoms with van der Waals surface area (Å²) in [6, 6.07) is -0.506. The minimum Gasteiger partial charge on any atom is -0.334 e. The Morgan fingerprint density at radius 2 is 2.33 bits per heavy atom. The molecule has 3 rings (SSSR count). The predicted octanol–water partition coefficient (Wildman–Crippen LogP) is -0.584. The van der Waals surface area contributed by atoms with Crippen molar-refractivity contribution in [1.29, 1.82) is 0 Å². The number of imide groups is 1. The molecule has 1 atom stereocenters. The number of nitrogens with one attached hydrogen (secondary N) is 2. The summed E-state index contributed by atoms with van der Waals surface area (Å²) in [6.07, 6.45) is 1.17. The summed E-state index contributed by atoms with van der Waals surface area (Å²) in [5, 5.41) is 7.23. The van der Waals surface area contributed by atoms with Crippen LogP contribution in [0.1, 0.15) is 28.3 Å². The number of carbonyl (C=O) groups excluding carboxylic acids is 3. The van der Waals surface area contributed by atoms with Gasteiger partial charge in [-0.25, -0.2) is 9.78 Å². The summed E-state index contributed by atoms with van der Waals surface area (Å²) in [6.45, 7) is 0.998. The third-order valence-electron chi connectivity index (χ3n) is 3.74. The summed E-state index contributed by atoms with van der Waals surface area (Å²) < 4.78 is 0. The zero-order chi connectivity index (χ0) is 15.0. The number of likely N-dealkylation sites (tertiary alicyclic amines) is 1. The van der Waals surface area contributed by atoms with Crippen LogP contribution in [0.5, 0.6) is 0 Å². The van der Waals surface area contributed by atoms with Crippen LogP contribution in [0.25, 0.3) is 0 Å². The van der Waals surface area contributed by atoms with Gasteiger partial charge in [-0.05, 0) is 12.8 Å². The molecule has 9 heteroatoms. The number of hydrogen-bond acceptors (Lipinski definition) is 6. The summed E-state index contributed by atoms with van der Waals surface area (Å²) in [5.41, 5.74) is 4.83. The maximum absolute atomic E-state index is 12.4. The van der Waals surface area contributed by atoms with E-state index in [0.29, 0.717) is 36.6 Å². The first-order valence-corrected chi connectivity index (χ1v) is 7.49. The Morgan fingerprint density at radius 1 is 1.52 bits per heavy atom. The van der Waals surface area contributed by atoms with Crippen LogP contribution in [0.3, 0.4) is 0 Å². The van der Waals surface area contributed by atoms with Crippen LogP contribution in [0.4, 0.5) is 4.79 Å². The highest BCUT2D eigenvalue weighted by molar-refractivity contribution is 7.09. The van der Waals surface area contributed by atoms with Gasteiger partial charge in [0.2, 0.25) is 0 Å². The molecule has 4 amide bonds. The largest absolute Gasteiger partial charge is 0.334 e. The molecule has 0 saturated carbocycles. The highest BCUT2D eigenvalue weighted by Crippen LogP contribution is 2.25. The monoisotopic (exact) mass is 309 g/mol. The minimum atomic E-state index is -1.00. The number of urea groups is 1. The van der Waals surface area contributed by atoms with Crippen molar-refractivity contribution in [3.05, 3.63) is 16.1 Å². The van der Waals surface area contributed by atoms with Gasteiger partial charge in [0.1, 0.15) is 16.2 Å². The Labute approximate surface area is 124 Å². The second-order valence-electron chi connectivity index (χ2n) is 5.15. The van der Waals surface area contributed by atoms with Gasteiger partial charge in [0, 0.05) is 18.5 Å². The molecule has 1 aromatic heterocycles. The third kappa shape index (κ3) is 2.38. The first kappa shape index (κ1) is 14.0. The number of nitrogens with zero attached hydrogens (tertiary/aromatic N) is 2. The lowest BCUT2D eigenvalue weighted by Gasteiger charge is -2.37. The van der Waals surface area contributed by atoms with E-state index in [1.54, 1.807) is 10.3 Å². The van der Waals surface area contributed by atoms with Crippen molar-refractivity contribution in [2.24, 2.45) is 5.73 Å². The fourth-order valence-corrected chi connectivity index (χ4v) is 3.36. The number of carbonyl (C=O) groups is 3. The van der Waals surface area contributed by atoms with E-state index in [1.807, 2.05) is 0 Å². The van der Waals surface area contributed by atoms with Crippen molar-refractivity contribution >= 4 is 29.2 Å². The molecule has 1 unspecified atom stereocenters. The van der Waals surface area contributed by atoms with Crippen molar-refractivity contribution in [3.8, 4) is 0 Å². The van der Waals surface area contributed by atoms with E-state index >= 15 is 0 Å². The molecule has 1 spiro atoms. The topological polar surface area (TPSA) is 117 Å². The summed E-state index contributed by atoms with van der Waals surface area (Å²) in [4.78, 5) is 41.5. The maximum Gasteiger partial charge on any atom is 0.322 e. The van der Waals surface area contributed by atoms with Gasteiger partial charge in [-0.1, -0.05) is 0 Å². The van der Waals surface area contributed by atoms with Crippen molar-refractivity contribution in [3.63, 3.8) is 0 Å². The van der Waals surface area contributed by atoms with E-state index in [2.05, 4.69) is 15.6 Å². The van der Waals surface area contributed by atoms with Crippen LogP contribution in [0, 0.1) is 0 Å². The van der Waals surface area contributed by atoms with Gasteiger partial charge in [-0.3, -0.25) is 14.9 Å². The van der Waals surface area contributed by atoms with Crippen LogP contribution in [-0.2, 0) is 11.3 Å². The second kappa shape index (κ2) is 5.08. The van der Waals surface area contributed by atoms with Crippen molar-refractivity contribution in [2.45, 2.75) is 24.9 Å². The average Bonchev–Trinajstić information content (AvgIpc) is 3.04. The molecular formula is C12H15N5O3S. The Morgan fingerprint density at radius 3 is 2.95 bits per heavy atom. The maximum atomic E-state index is 12.4. The van der Waals surface area contributed by atoms with Gasteiger partial charge < -0.3 is 16.0 Å². The van der Waals surface area contributed by atoms with Crippen LogP contribution < -0.4 is 16.4 Å². The Kier molecular flexibility index (Phi) is 3.38. The van der Waals surface area contributed by atoms with Crippen molar-refractivity contribution < 1.29 is 14.4 Å². The molecule has 0 bridgehead atoms. The molecule has 2 aliphatic rings. The number of thiazole rings is 1. The summed E-state index contributed by atoms with van der Waals surface area (Å²) >= 11 is 1.33. The van der Waals surface area contributed by atoms with Crippen LogP contribution in [-0.4, -0.2) is 46.4 Å². The highest BCUT2D eigenvalue weighted by atomic mass is 32.1. The first-order chi connectivity index (χ1) is 10.0. The zero-order valence-corrected chi connectivity index (χ0v) is 12.0. The Balaban J connectivity index is 1.78. The zero-order valence-electron chi connectivity index (χ0n) is 11.2. The van der Waals surface area contributed by atoms with Crippen molar-refractivity contribution in [1.82, 2.24) is 20.5 Å². The highest BCUT2D eigenvalue weighted by Gasteiger charge is 2.49. The quantitative estimate of drug-likeness (QED) is 0.632. The number of hydrogen-bond donors (Lipinski definition) is 3. The van der Waals surface area contributed by atoms with Gasteiger partial charge >= 0.3 is 6.03 Å². The lowest BCUT2D eigenvalue weighted by atomic mass is 9.89. The lowest BCUT2D eigenvalue weighted by Crippen LogP contribution is -2.59. The first-order valence-electron chi connectivity index (χ1n) is 6.61. The van der Waals surface area contributed by atoms with Crippen LogP contribution in [0.15, 0.2) is 5.38 Å². The lowest BCUT2D eigenvalue weighted by molar-refractivity contribution is -0.125. The van der Waals surface area contributed by atoms with E-state index < -0.39 is 11.6 Å². The van der Waals surface area contributed by atoms with Gasteiger partial charge in [0.15, 0.2) is 0 Å². The van der Waals surface area contributed by atoms with Gasteiger partial charge in [-0.2, -0.15) is 0 Å². The predicted molar refractivity (Wildman–Crippen MR) is 74.5 cm³/mol. The van der Waals surface area contributed by atoms with Crippen LogP contribution >= 0.6 is 11.3 Å². The van der Waals surface area contributed by atoms with E-state index in [-0.39, 0.29) is 18.4 Å². The number of rotatable bonds is 2. The van der Waals surface area contributed by atoms with Gasteiger partial charge in [0.25, 0.3) is 11.8 Å². The molecule has 8 nitrogen and oxygen atoms in total. The third-order valence-corrected chi connectivity index (χ3v) is 4.61. The number of amides is 4. The number of piperidine rings is 1. The molecule has 4 N–H and O–H groups in total. The molecule has 0 aromatic carbocycles. The molecular weight excluding hydrogens is 294 g/mol. The molecule has 1 aromatic rings. The Bertz CT molecular complexity index is 616. The SMILES string of the molecule is NCc1nc(C(=O)N2CCCC3(C2)NC(=O)NC3=O)cs1. The van der Waals surface area contributed by atoms with Crippen LogP contribution in [0.2, 0.25) is 0 Å². The Hall–Kier alpha value is -2.00.